The summed E-state index contributed by atoms with van der Waals surface area (Å²) >= 11 is 1.94. The van der Waals surface area contributed by atoms with Crippen molar-refractivity contribution < 1.29 is 17.9 Å². The number of halogens is 3. The Bertz CT molecular complexity index is 419. The molecule has 0 radical (unpaired) electrons. The summed E-state index contributed by atoms with van der Waals surface area (Å²) in [5, 5.41) is 3.33. The molecule has 1 heterocycles. The third-order valence-corrected chi connectivity index (χ3v) is 4.26. The van der Waals surface area contributed by atoms with E-state index in [2.05, 4.69) is 5.32 Å². The molecule has 0 atom stereocenters. The maximum Gasteiger partial charge on any atom is 0.419 e. The van der Waals surface area contributed by atoms with Crippen molar-refractivity contribution in [1.82, 2.24) is 5.32 Å². The third-order valence-electron chi connectivity index (χ3n) is 3.21. The molecule has 2 rings (SSSR count). The maximum absolute atomic E-state index is 12.8. The van der Waals surface area contributed by atoms with Gasteiger partial charge in [-0.25, -0.2) is 0 Å². The lowest BCUT2D eigenvalue weighted by atomic mass is 10.1. The van der Waals surface area contributed by atoms with Crippen LogP contribution in [0.2, 0.25) is 0 Å². The number of para-hydroxylation sites is 1. The molecule has 1 aromatic rings. The Kier molecular flexibility index (Phi) is 5.60. The van der Waals surface area contributed by atoms with Crippen LogP contribution in [-0.4, -0.2) is 30.7 Å². The predicted octanol–water partition coefficient (Wildman–Crippen LogP) is 3.57. The van der Waals surface area contributed by atoms with Crippen LogP contribution < -0.4 is 10.1 Å². The van der Waals surface area contributed by atoms with E-state index in [1.807, 2.05) is 11.8 Å². The van der Waals surface area contributed by atoms with E-state index in [1.165, 1.54) is 12.1 Å². The van der Waals surface area contributed by atoms with Crippen LogP contribution in [0, 0.1) is 0 Å². The van der Waals surface area contributed by atoms with Crippen molar-refractivity contribution >= 4 is 11.8 Å². The van der Waals surface area contributed by atoms with E-state index in [9.17, 15) is 13.2 Å². The number of hydrogen-bond donors (Lipinski definition) is 1. The van der Waals surface area contributed by atoms with Crippen LogP contribution >= 0.6 is 11.8 Å². The van der Waals surface area contributed by atoms with Gasteiger partial charge >= 0.3 is 6.18 Å². The van der Waals surface area contributed by atoms with Gasteiger partial charge in [-0.2, -0.15) is 24.9 Å². The SMILES string of the molecule is FC(F)(F)c1ccccc1OCCNC1CCSCC1. The molecule has 1 aromatic carbocycles. The quantitative estimate of drug-likeness (QED) is 0.840. The second-order valence-electron chi connectivity index (χ2n) is 4.68. The molecule has 20 heavy (non-hydrogen) atoms. The minimum atomic E-state index is -4.37. The van der Waals surface area contributed by atoms with Crippen molar-refractivity contribution in [2.75, 3.05) is 24.7 Å². The Hall–Kier alpha value is -0.880. The predicted molar refractivity (Wildman–Crippen MR) is 75.3 cm³/mol. The van der Waals surface area contributed by atoms with Gasteiger partial charge < -0.3 is 10.1 Å². The number of thioether (sulfide) groups is 1. The van der Waals surface area contributed by atoms with Crippen LogP contribution in [0.25, 0.3) is 0 Å². The summed E-state index contributed by atoms with van der Waals surface area (Å²) in [7, 11) is 0. The normalized spacial score (nSPS) is 17.1. The van der Waals surface area contributed by atoms with Gasteiger partial charge in [-0.05, 0) is 36.5 Å². The standard InChI is InChI=1S/C14H18F3NOS/c15-14(16,17)12-3-1-2-4-13(12)19-8-7-18-11-5-9-20-10-6-11/h1-4,11,18H,5-10H2. The summed E-state index contributed by atoms with van der Waals surface area (Å²) < 4.78 is 43.5. The van der Waals surface area contributed by atoms with Gasteiger partial charge in [0.05, 0.1) is 5.56 Å². The summed E-state index contributed by atoms with van der Waals surface area (Å²) in [5.41, 5.74) is -0.714. The maximum atomic E-state index is 12.8. The molecule has 1 fully saturated rings. The first kappa shape index (κ1) is 15.5. The van der Waals surface area contributed by atoms with Crippen molar-refractivity contribution in [2.45, 2.75) is 25.1 Å². The van der Waals surface area contributed by atoms with Crippen LogP contribution in [0.5, 0.6) is 5.75 Å². The summed E-state index contributed by atoms with van der Waals surface area (Å²) in [6.45, 7) is 0.818. The zero-order valence-corrected chi connectivity index (χ0v) is 11.9. The molecular weight excluding hydrogens is 287 g/mol. The smallest absolute Gasteiger partial charge is 0.419 e. The van der Waals surface area contributed by atoms with Gasteiger partial charge in [-0.15, -0.1) is 0 Å². The molecule has 6 heteroatoms. The summed E-state index contributed by atoms with van der Waals surface area (Å²) in [6, 6.07) is 5.79. The fourth-order valence-electron chi connectivity index (χ4n) is 2.15. The number of nitrogens with one attached hydrogen (secondary N) is 1. The first-order valence-corrected chi connectivity index (χ1v) is 7.83. The van der Waals surface area contributed by atoms with Gasteiger partial charge in [-0.1, -0.05) is 12.1 Å². The van der Waals surface area contributed by atoms with Crippen molar-refractivity contribution in [3.8, 4) is 5.75 Å². The lowest BCUT2D eigenvalue weighted by Crippen LogP contribution is -2.35. The van der Waals surface area contributed by atoms with E-state index in [-0.39, 0.29) is 12.4 Å². The summed E-state index contributed by atoms with van der Waals surface area (Å²) in [4.78, 5) is 0. The van der Waals surface area contributed by atoms with E-state index >= 15 is 0 Å². The second kappa shape index (κ2) is 7.22. The molecule has 1 N–H and O–H groups in total. The van der Waals surface area contributed by atoms with Crippen LogP contribution in [0.3, 0.4) is 0 Å². The highest BCUT2D eigenvalue weighted by Crippen LogP contribution is 2.35. The van der Waals surface area contributed by atoms with Crippen LogP contribution in [0.4, 0.5) is 13.2 Å². The monoisotopic (exact) mass is 305 g/mol. The van der Waals surface area contributed by atoms with E-state index in [0.717, 1.165) is 30.4 Å². The molecule has 0 bridgehead atoms. The number of ether oxygens (including phenoxy) is 1. The minimum absolute atomic E-state index is 0.0963. The Labute approximate surface area is 121 Å². The average Bonchev–Trinajstić information content (AvgIpc) is 2.44. The molecule has 1 aliphatic rings. The molecule has 1 saturated heterocycles. The lowest BCUT2D eigenvalue weighted by Gasteiger charge is -2.22. The fourth-order valence-corrected chi connectivity index (χ4v) is 3.26. The summed E-state index contributed by atoms with van der Waals surface area (Å²) in [6.07, 6.45) is -2.14. The highest BCUT2D eigenvalue weighted by Gasteiger charge is 2.33. The van der Waals surface area contributed by atoms with Crippen molar-refractivity contribution in [2.24, 2.45) is 0 Å². The largest absolute Gasteiger partial charge is 0.492 e. The van der Waals surface area contributed by atoms with Crippen LogP contribution in [0.1, 0.15) is 18.4 Å². The molecule has 0 amide bonds. The van der Waals surface area contributed by atoms with Crippen LogP contribution in [0.15, 0.2) is 24.3 Å². The van der Waals surface area contributed by atoms with E-state index < -0.39 is 11.7 Å². The molecule has 112 valence electrons. The second-order valence-corrected chi connectivity index (χ2v) is 5.91. The lowest BCUT2D eigenvalue weighted by molar-refractivity contribution is -0.138. The van der Waals surface area contributed by atoms with E-state index in [0.29, 0.717) is 12.6 Å². The zero-order chi connectivity index (χ0) is 14.4. The first-order valence-electron chi connectivity index (χ1n) is 6.67. The molecule has 0 aromatic heterocycles. The van der Waals surface area contributed by atoms with Gasteiger partial charge in [0.1, 0.15) is 12.4 Å². The number of hydrogen-bond acceptors (Lipinski definition) is 3. The molecule has 1 aliphatic heterocycles. The Morgan fingerprint density at radius 3 is 2.60 bits per heavy atom. The topological polar surface area (TPSA) is 21.3 Å². The molecule has 0 spiro atoms. The molecule has 2 nitrogen and oxygen atoms in total. The van der Waals surface area contributed by atoms with Gasteiger partial charge in [0.25, 0.3) is 0 Å². The fraction of sp³-hybridized carbons (Fsp3) is 0.571. The highest BCUT2D eigenvalue weighted by molar-refractivity contribution is 7.99. The van der Waals surface area contributed by atoms with Crippen molar-refractivity contribution in [3.05, 3.63) is 29.8 Å². The van der Waals surface area contributed by atoms with E-state index in [1.54, 1.807) is 6.07 Å². The Balaban J connectivity index is 1.79. The van der Waals surface area contributed by atoms with Crippen molar-refractivity contribution in [1.29, 1.82) is 0 Å². The highest BCUT2D eigenvalue weighted by atomic mass is 32.2. The molecule has 0 unspecified atom stereocenters. The van der Waals surface area contributed by atoms with Crippen LogP contribution in [-0.2, 0) is 6.18 Å². The van der Waals surface area contributed by atoms with E-state index in [4.69, 9.17) is 4.74 Å². The number of alkyl halides is 3. The zero-order valence-electron chi connectivity index (χ0n) is 11.1. The summed E-state index contributed by atoms with van der Waals surface area (Å²) in [5.74, 6) is 2.20. The van der Waals surface area contributed by atoms with Crippen molar-refractivity contribution in [3.63, 3.8) is 0 Å². The molecule has 0 aliphatic carbocycles. The van der Waals surface area contributed by atoms with Gasteiger partial charge in [0.2, 0.25) is 0 Å². The first-order chi connectivity index (χ1) is 9.57. The Morgan fingerprint density at radius 1 is 1.20 bits per heavy atom. The third kappa shape index (κ3) is 4.59. The average molecular weight is 305 g/mol. The minimum Gasteiger partial charge on any atom is -0.492 e. The number of benzene rings is 1. The molecular formula is C14H18F3NOS. The Morgan fingerprint density at radius 2 is 1.90 bits per heavy atom. The molecule has 0 saturated carbocycles. The van der Waals surface area contributed by atoms with Gasteiger partial charge in [0, 0.05) is 12.6 Å². The van der Waals surface area contributed by atoms with Gasteiger partial charge in [0.15, 0.2) is 0 Å². The van der Waals surface area contributed by atoms with Gasteiger partial charge in [-0.3, -0.25) is 0 Å². The number of rotatable bonds is 5.